The van der Waals surface area contributed by atoms with E-state index in [2.05, 4.69) is 5.32 Å². The van der Waals surface area contributed by atoms with Crippen molar-refractivity contribution in [3.63, 3.8) is 0 Å². The van der Waals surface area contributed by atoms with Gasteiger partial charge in [0.2, 0.25) is 11.8 Å². The number of hydrogen-bond donors (Lipinski definition) is 2. The average molecular weight is 382 g/mol. The maximum atomic E-state index is 12.8. The Balaban J connectivity index is 0.00000243. The smallest absolute Gasteiger partial charge is 0.245 e. The Morgan fingerprint density at radius 3 is 2.73 bits per heavy atom. The molecule has 26 heavy (non-hydrogen) atoms. The van der Waals surface area contributed by atoms with Crippen LogP contribution in [0.15, 0.2) is 24.3 Å². The van der Waals surface area contributed by atoms with Gasteiger partial charge in [0.05, 0.1) is 6.10 Å². The van der Waals surface area contributed by atoms with Gasteiger partial charge in [-0.3, -0.25) is 9.59 Å². The highest BCUT2D eigenvalue weighted by Crippen LogP contribution is 2.50. The molecule has 3 rings (SSSR count). The third-order valence-electron chi connectivity index (χ3n) is 5.72. The average Bonchev–Trinajstić information content (AvgIpc) is 3.00. The Hall–Kier alpha value is -1.63. The van der Waals surface area contributed by atoms with Crippen LogP contribution >= 0.6 is 12.4 Å². The van der Waals surface area contributed by atoms with Crippen molar-refractivity contribution in [2.24, 2.45) is 11.1 Å². The van der Waals surface area contributed by atoms with E-state index in [1.165, 1.54) is 0 Å². The van der Waals surface area contributed by atoms with Crippen LogP contribution in [0.5, 0.6) is 0 Å². The van der Waals surface area contributed by atoms with Gasteiger partial charge < -0.3 is 20.7 Å². The molecule has 1 heterocycles. The number of ether oxygens (including phenoxy) is 1. The highest BCUT2D eigenvalue weighted by molar-refractivity contribution is 6.01. The van der Waals surface area contributed by atoms with E-state index in [0.29, 0.717) is 25.1 Å². The molecular weight excluding hydrogens is 354 g/mol. The molecule has 0 spiro atoms. The van der Waals surface area contributed by atoms with Crippen molar-refractivity contribution in [2.45, 2.75) is 51.7 Å². The predicted molar refractivity (Wildman–Crippen MR) is 105 cm³/mol. The van der Waals surface area contributed by atoms with Crippen LogP contribution in [0.1, 0.15) is 40.0 Å². The highest BCUT2D eigenvalue weighted by Gasteiger charge is 2.62. The normalized spacial score (nSPS) is 26.8. The van der Waals surface area contributed by atoms with Crippen molar-refractivity contribution in [3.05, 3.63) is 24.3 Å². The van der Waals surface area contributed by atoms with E-state index in [1.54, 1.807) is 4.90 Å². The van der Waals surface area contributed by atoms with Crippen LogP contribution in [0, 0.1) is 5.41 Å². The topological polar surface area (TPSA) is 84.7 Å². The molecule has 1 saturated heterocycles. The number of rotatable bonds is 5. The minimum atomic E-state index is -0.966. The summed E-state index contributed by atoms with van der Waals surface area (Å²) in [6.45, 7) is 7.21. The van der Waals surface area contributed by atoms with Crippen LogP contribution < -0.4 is 16.0 Å². The number of nitrogens with one attached hydrogen (secondary N) is 1. The van der Waals surface area contributed by atoms with Gasteiger partial charge in [-0.05, 0) is 31.5 Å². The second-order valence-corrected chi connectivity index (χ2v) is 7.49. The van der Waals surface area contributed by atoms with Gasteiger partial charge in [-0.15, -0.1) is 12.4 Å². The zero-order valence-corrected chi connectivity index (χ0v) is 16.4. The zero-order valence-electron chi connectivity index (χ0n) is 15.6. The van der Waals surface area contributed by atoms with E-state index in [9.17, 15) is 9.59 Å². The molecule has 3 N–H and O–H groups in total. The van der Waals surface area contributed by atoms with Crippen LogP contribution in [0.25, 0.3) is 0 Å². The molecule has 2 unspecified atom stereocenters. The molecular formula is C19H28ClN3O3. The fraction of sp³-hybridized carbons (Fsp3) is 0.579. The Morgan fingerprint density at radius 1 is 1.42 bits per heavy atom. The monoisotopic (exact) mass is 381 g/mol. The molecule has 1 aliphatic carbocycles. The summed E-state index contributed by atoms with van der Waals surface area (Å²) < 4.78 is 5.68. The fourth-order valence-corrected chi connectivity index (χ4v) is 3.74. The molecule has 0 aromatic heterocycles. The maximum absolute atomic E-state index is 12.8. The highest BCUT2D eigenvalue weighted by atomic mass is 35.5. The largest absolute Gasteiger partial charge is 0.378 e. The fourth-order valence-electron chi connectivity index (χ4n) is 3.74. The second kappa shape index (κ2) is 7.55. The summed E-state index contributed by atoms with van der Waals surface area (Å²) >= 11 is 0. The van der Waals surface area contributed by atoms with E-state index in [-0.39, 0.29) is 30.3 Å². The van der Waals surface area contributed by atoms with Crippen molar-refractivity contribution in [2.75, 3.05) is 23.4 Å². The number of hydrogen-bond acceptors (Lipinski definition) is 4. The summed E-state index contributed by atoms with van der Waals surface area (Å²) in [5, 5.41) is 2.92. The standard InChI is InChI=1S/C19H27N3O3.ClH/c1-4-25-15-12-19(20,18(15,2)3)17(24)21-13-7-5-8-14(11-13)22-10-6-9-16(22)23;/h5,7-8,11,15H,4,6,9-10,12,20H2,1-3H3,(H,21,24);1H. The summed E-state index contributed by atoms with van der Waals surface area (Å²) in [4.78, 5) is 26.5. The van der Waals surface area contributed by atoms with E-state index in [4.69, 9.17) is 10.5 Å². The lowest BCUT2D eigenvalue weighted by Gasteiger charge is -2.57. The Bertz CT molecular complexity index is 694. The van der Waals surface area contributed by atoms with Crippen LogP contribution in [0.2, 0.25) is 0 Å². The number of halogens is 1. The molecule has 0 radical (unpaired) electrons. The van der Waals surface area contributed by atoms with E-state index < -0.39 is 11.0 Å². The van der Waals surface area contributed by atoms with Crippen molar-refractivity contribution < 1.29 is 14.3 Å². The van der Waals surface area contributed by atoms with Gasteiger partial charge in [0.15, 0.2) is 0 Å². The van der Waals surface area contributed by atoms with Crippen LogP contribution in [0.4, 0.5) is 11.4 Å². The molecule has 6 nitrogen and oxygen atoms in total. The first-order valence-corrected chi connectivity index (χ1v) is 8.92. The molecule has 1 aromatic carbocycles. The van der Waals surface area contributed by atoms with E-state index in [0.717, 1.165) is 18.7 Å². The van der Waals surface area contributed by atoms with Gasteiger partial charge >= 0.3 is 0 Å². The summed E-state index contributed by atoms with van der Waals surface area (Å²) in [5.41, 5.74) is 6.48. The molecule has 2 amide bonds. The van der Waals surface area contributed by atoms with Gasteiger partial charge in [0.25, 0.3) is 0 Å². The summed E-state index contributed by atoms with van der Waals surface area (Å²) in [6.07, 6.45) is 1.94. The number of nitrogens with two attached hydrogens (primary N) is 1. The second-order valence-electron chi connectivity index (χ2n) is 7.49. The maximum Gasteiger partial charge on any atom is 0.245 e. The number of nitrogens with zero attached hydrogens (tertiary/aromatic N) is 1. The first-order chi connectivity index (χ1) is 11.8. The van der Waals surface area contributed by atoms with E-state index in [1.807, 2.05) is 45.0 Å². The van der Waals surface area contributed by atoms with Gasteiger partial charge in [-0.25, -0.2) is 0 Å². The lowest BCUT2D eigenvalue weighted by molar-refractivity contribution is -0.166. The number of amides is 2. The summed E-state index contributed by atoms with van der Waals surface area (Å²) in [5.74, 6) is -0.0863. The lowest BCUT2D eigenvalue weighted by atomic mass is 9.54. The van der Waals surface area contributed by atoms with Gasteiger partial charge in [0, 0.05) is 42.8 Å². The van der Waals surface area contributed by atoms with Gasteiger partial charge in [-0.1, -0.05) is 19.9 Å². The van der Waals surface area contributed by atoms with Crippen molar-refractivity contribution >= 4 is 35.6 Å². The van der Waals surface area contributed by atoms with Crippen molar-refractivity contribution in [1.82, 2.24) is 0 Å². The summed E-state index contributed by atoms with van der Waals surface area (Å²) in [6, 6.07) is 7.37. The zero-order chi connectivity index (χ0) is 18.2. The van der Waals surface area contributed by atoms with Crippen molar-refractivity contribution in [1.29, 1.82) is 0 Å². The third kappa shape index (κ3) is 3.33. The molecule has 1 aliphatic heterocycles. The Morgan fingerprint density at radius 2 is 2.15 bits per heavy atom. The molecule has 2 atom stereocenters. The molecule has 144 valence electrons. The minimum absolute atomic E-state index is 0. The third-order valence-corrected chi connectivity index (χ3v) is 5.72. The minimum Gasteiger partial charge on any atom is -0.378 e. The molecule has 1 aromatic rings. The molecule has 1 saturated carbocycles. The number of carbonyl (C=O) groups is 2. The lowest BCUT2D eigenvalue weighted by Crippen LogP contribution is -2.74. The quantitative estimate of drug-likeness (QED) is 0.821. The number of benzene rings is 1. The van der Waals surface area contributed by atoms with E-state index >= 15 is 0 Å². The SMILES string of the molecule is CCOC1CC(N)(C(=O)Nc2cccc(N3CCCC3=O)c2)C1(C)C.Cl. The summed E-state index contributed by atoms with van der Waals surface area (Å²) in [7, 11) is 0. The first-order valence-electron chi connectivity index (χ1n) is 8.92. The first kappa shape index (κ1) is 20.7. The predicted octanol–water partition coefficient (Wildman–Crippen LogP) is 2.71. The van der Waals surface area contributed by atoms with Gasteiger partial charge in [0.1, 0.15) is 5.54 Å². The number of carbonyl (C=O) groups excluding carboxylic acids is 2. The van der Waals surface area contributed by atoms with Crippen LogP contribution in [0.3, 0.4) is 0 Å². The van der Waals surface area contributed by atoms with Crippen LogP contribution in [-0.2, 0) is 14.3 Å². The Kier molecular flexibility index (Phi) is 6.00. The van der Waals surface area contributed by atoms with Gasteiger partial charge in [-0.2, -0.15) is 0 Å². The molecule has 0 bridgehead atoms. The molecule has 7 heteroatoms. The number of anilines is 2. The Labute approximate surface area is 160 Å². The van der Waals surface area contributed by atoms with Crippen molar-refractivity contribution in [3.8, 4) is 0 Å². The molecule has 2 fully saturated rings. The van der Waals surface area contributed by atoms with Crippen LogP contribution in [-0.4, -0.2) is 36.6 Å². The molecule has 2 aliphatic rings.